The molecule has 2 rings (SSSR count). The fourth-order valence-electron chi connectivity index (χ4n) is 2.22. The van der Waals surface area contributed by atoms with E-state index in [1.807, 2.05) is 0 Å². The summed E-state index contributed by atoms with van der Waals surface area (Å²) >= 11 is 5.89. The van der Waals surface area contributed by atoms with E-state index in [0.29, 0.717) is 17.1 Å². The van der Waals surface area contributed by atoms with Crippen molar-refractivity contribution in [1.29, 1.82) is 0 Å². The number of hydrogen-bond acceptors (Lipinski definition) is 3. The summed E-state index contributed by atoms with van der Waals surface area (Å²) in [6.45, 7) is 3.85. The zero-order chi connectivity index (χ0) is 18.3. The third-order valence-electron chi connectivity index (χ3n) is 3.46. The zero-order valence-corrected chi connectivity index (χ0v) is 15.1. The normalized spacial score (nSPS) is 12.4. The molecule has 0 unspecified atom stereocenters. The van der Waals surface area contributed by atoms with Crippen LogP contribution in [0.25, 0.3) is 0 Å². The van der Waals surface area contributed by atoms with Gasteiger partial charge >= 0.3 is 0 Å². The van der Waals surface area contributed by atoms with Crippen molar-refractivity contribution in [3.63, 3.8) is 0 Å². The molecule has 2 aromatic rings. The Morgan fingerprint density at radius 1 is 1.12 bits per heavy atom. The predicted molar refractivity (Wildman–Crippen MR) is 98.8 cm³/mol. The quantitative estimate of drug-likeness (QED) is 0.693. The number of halogens is 1. The van der Waals surface area contributed by atoms with Crippen LogP contribution in [0.1, 0.15) is 18.0 Å². The summed E-state index contributed by atoms with van der Waals surface area (Å²) in [4.78, 5) is 12.2. The van der Waals surface area contributed by atoms with Crippen molar-refractivity contribution in [3.8, 4) is 0 Å². The van der Waals surface area contributed by atoms with Crippen LogP contribution in [0, 0.1) is 0 Å². The van der Waals surface area contributed by atoms with E-state index in [4.69, 9.17) is 11.6 Å². The molecule has 1 atom stereocenters. The molecule has 0 aliphatic rings. The van der Waals surface area contributed by atoms with Crippen LogP contribution < -0.4 is 10.0 Å². The molecule has 7 heteroatoms. The van der Waals surface area contributed by atoms with E-state index in [9.17, 15) is 13.2 Å². The maximum Gasteiger partial charge on any atom is 0.241 e. The van der Waals surface area contributed by atoms with E-state index in [1.54, 1.807) is 48.5 Å². The maximum absolute atomic E-state index is 12.6. The van der Waals surface area contributed by atoms with Crippen LogP contribution in [0.15, 0.2) is 72.1 Å². The van der Waals surface area contributed by atoms with Gasteiger partial charge in [0.1, 0.15) is 0 Å². The Morgan fingerprint density at radius 2 is 1.76 bits per heavy atom. The molecule has 0 saturated carbocycles. The highest BCUT2D eigenvalue weighted by atomic mass is 35.5. The Morgan fingerprint density at radius 3 is 2.36 bits per heavy atom. The molecule has 25 heavy (non-hydrogen) atoms. The first kappa shape index (κ1) is 19.2. The second-order valence-corrected chi connectivity index (χ2v) is 7.49. The predicted octanol–water partition coefficient (Wildman–Crippen LogP) is 3.05. The maximum atomic E-state index is 12.6. The average Bonchev–Trinajstić information content (AvgIpc) is 2.60. The molecule has 2 N–H and O–H groups in total. The Kier molecular flexibility index (Phi) is 6.75. The van der Waals surface area contributed by atoms with Crippen molar-refractivity contribution in [2.75, 3.05) is 6.54 Å². The van der Waals surface area contributed by atoms with Crippen molar-refractivity contribution in [1.82, 2.24) is 10.0 Å². The first-order valence-electron chi connectivity index (χ1n) is 7.63. The van der Waals surface area contributed by atoms with E-state index >= 15 is 0 Å². The van der Waals surface area contributed by atoms with E-state index in [0.717, 1.165) is 0 Å². The first-order chi connectivity index (χ1) is 11.9. The standard InChI is InChI=1S/C18H19ClN2O3S/c1-2-12-20-18(22)13-17(14-8-10-15(19)11-9-14)21-25(23,24)16-6-4-3-5-7-16/h2-11,17,21H,1,12-13H2,(H,20,22)/t17-/m1/s1. The second-order valence-electron chi connectivity index (χ2n) is 5.34. The number of benzene rings is 2. The van der Waals surface area contributed by atoms with Gasteiger partial charge < -0.3 is 5.32 Å². The van der Waals surface area contributed by atoms with Gasteiger partial charge in [0.15, 0.2) is 0 Å². The van der Waals surface area contributed by atoms with Crippen LogP contribution in [0.3, 0.4) is 0 Å². The van der Waals surface area contributed by atoms with Gasteiger partial charge in [-0.15, -0.1) is 6.58 Å². The minimum Gasteiger partial charge on any atom is -0.353 e. The third-order valence-corrected chi connectivity index (χ3v) is 5.20. The van der Waals surface area contributed by atoms with Gasteiger partial charge in [-0.05, 0) is 29.8 Å². The summed E-state index contributed by atoms with van der Waals surface area (Å²) in [6, 6.07) is 14.0. The van der Waals surface area contributed by atoms with Gasteiger partial charge in [-0.3, -0.25) is 4.79 Å². The molecule has 0 radical (unpaired) electrons. The first-order valence-corrected chi connectivity index (χ1v) is 9.49. The van der Waals surface area contributed by atoms with Crippen LogP contribution in [-0.2, 0) is 14.8 Å². The van der Waals surface area contributed by atoms with Crippen LogP contribution in [-0.4, -0.2) is 20.9 Å². The molecular formula is C18H19ClN2O3S. The molecular weight excluding hydrogens is 360 g/mol. The average molecular weight is 379 g/mol. The zero-order valence-electron chi connectivity index (χ0n) is 13.5. The molecule has 0 aliphatic heterocycles. The molecule has 1 amide bonds. The number of rotatable bonds is 8. The highest BCUT2D eigenvalue weighted by molar-refractivity contribution is 7.89. The van der Waals surface area contributed by atoms with Gasteiger partial charge in [0, 0.05) is 18.0 Å². The molecule has 0 spiro atoms. The third kappa shape index (κ3) is 5.70. The highest BCUT2D eigenvalue weighted by Gasteiger charge is 2.23. The van der Waals surface area contributed by atoms with E-state index < -0.39 is 16.1 Å². The fourth-order valence-corrected chi connectivity index (χ4v) is 3.59. The van der Waals surface area contributed by atoms with Crippen molar-refractivity contribution in [2.45, 2.75) is 17.4 Å². The summed E-state index contributed by atoms with van der Waals surface area (Å²) in [5.74, 6) is -0.282. The SMILES string of the molecule is C=CCNC(=O)C[C@@H](NS(=O)(=O)c1ccccc1)c1ccc(Cl)cc1. The van der Waals surface area contributed by atoms with Crippen LogP contribution in [0.4, 0.5) is 0 Å². The van der Waals surface area contributed by atoms with Crippen LogP contribution >= 0.6 is 11.6 Å². The van der Waals surface area contributed by atoms with E-state index in [2.05, 4.69) is 16.6 Å². The second kappa shape index (κ2) is 8.80. The van der Waals surface area contributed by atoms with Crippen molar-refractivity contribution in [3.05, 3.63) is 77.8 Å². The van der Waals surface area contributed by atoms with Crippen molar-refractivity contribution >= 4 is 27.5 Å². The molecule has 5 nitrogen and oxygen atoms in total. The summed E-state index contributed by atoms with van der Waals surface area (Å²) in [7, 11) is -3.77. The molecule has 0 bridgehead atoms. The minimum atomic E-state index is -3.77. The van der Waals surface area contributed by atoms with Crippen LogP contribution in [0.5, 0.6) is 0 Å². The monoisotopic (exact) mass is 378 g/mol. The fraction of sp³-hybridized carbons (Fsp3) is 0.167. The van der Waals surface area contributed by atoms with Gasteiger partial charge in [-0.2, -0.15) is 0 Å². The number of carbonyl (C=O) groups excluding carboxylic acids is 1. The van der Waals surface area contributed by atoms with E-state index in [1.165, 1.54) is 12.1 Å². The lowest BCUT2D eigenvalue weighted by atomic mass is 10.0. The van der Waals surface area contributed by atoms with Crippen LogP contribution in [0.2, 0.25) is 5.02 Å². The van der Waals surface area contributed by atoms with Gasteiger partial charge in [-0.25, -0.2) is 13.1 Å². The van der Waals surface area contributed by atoms with Gasteiger partial charge in [-0.1, -0.05) is 48.0 Å². The number of amides is 1. The Labute approximate surface area is 152 Å². The van der Waals surface area contributed by atoms with Gasteiger partial charge in [0.25, 0.3) is 0 Å². The Hall–Kier alpha value is -2.15. The lowest BCUT2D eigenvalue weighted by Gasteiger charge is -2.19. The molecule has 2 aromatic carbocycles. The molecule has 0 aliphatic carbocycles. The van der Waals surface area contributed by atoms with Crippen molar-refractivity contribution < 1.29 is 13.2 Å². The molecule has 0 aromatic heterocycles. The summed E-state index contributed by atoms with van der Waals surface area (Å²) in [6.07, 6.45) is 1.52. The minimum absolute atomic E-state index is 0.0401. The largest absolute Gasteiger partial charge is 0.353 e. The highest BCUT2D eigenvalue weighted by Crippen LogP contribution is 2.22. The lowest BCUT2D eigenvalue weighted by Crippen LogP contribution is -2.33. The van der Waals surface area contributed by atoms with Gasteiger partial charge in [0.05, 0.1) is 10.9 Å². The van der Waals surface area contributed by atoms with E-state index in [-0.39, 0.29) is 17.2 Å². The smallest absolute Gasteiger partial charge is 0.241 e. The topological polar surface area (TPSA) is 75.3 Å². The number of sulfonamides is 1. The molecule has 132 valence electrons. The Balaban J connectivity index is 2.26. The van der Waals surface area contributed by atoms with Gasteiger partial charge in [0.2, 0.25) is 15.9 Å². The summed E-state index contributed by atoms with van der Waals surface area (Å²) in [5.41, 5.74) is 0.651. The number of hydrogen-bond donors (Lipinski definition) is 2. The number of carbonyl (C=O) groups is 1. The summed E-state index contributed by atoms with van der Waals surface area (Å²) in [5, 5.41) is 3.18. The van der Waals surface area contributed by atoms with Crippen molar-refractivity contribution in [2.24, 2.45) is 0 Å². The summed E-state index contributed by atoms with van der Waals surface area (Å²) < 4.78 is 27.8. The lowest BCUT2D eigenvalue weighted by molar-refractivity contribution is -0.121. The molecule has 0 fully saturated rings. The molecule has 0 saturated heterocycles. The Bertz CT molecular complexity index is 821. The number of nitrogens with one attached hydrogen (secondary N) is 2. The molecule has 0 heterocycles.